The summed E-state index contributed by atoms with van der Waals surface area (Å²) in [6.07, 6.45) is 3.27. The second kappa shape index (κ2) is 7.28. The molecule has 9 heteroatoms. The van der Waals surface area contributed by atoms with E-state index in [-0.39, 0.29) is 18.8 Å². The van der Waals surface area contributed by atoms with Crippen LogP contribution in [0, 0.1) is 5.82 Å². The molecule has 2 amide bonds. The largest absolute Gasteiger partial charge is 0.344 e. The summed E-state index contributed by atoms with van der Waals surface area (Å²) in [5.41, 5.74) is 7.33. The van der Waals surface area contributed by atoms with Gasteiger partial charge in [-0.2, -0.15) is 5.10 Å². The Balaban J connectivity index is 1.59. The highest BCUT2D eigenvalue weighted by Gasteiger charge is 2.14. The molecule has 0 bridgehead atoms. The van der Waals surface area contributed by atoms with Crippen LogP contribution in [0.15, 0.2) is 36.7 Å². The van der Waals surface area contributed by atoms with Crippen molar-refractivity contribution in [1.29, 1.82) is 0 Å². The van der Waals surface area contributed by atoms with E-state index in [1.54, 1.807) is 24.1 Å². The maximum absolute atomic E-state index is 13.7. The summed E-state index contributed by atoms with van der Waals surface area (Å²) < 4.78 is 15.3. The predicted molar refractivity (Wildman–Crippen MR) is 93.3 cm³/mol. The zero-order chi connectivity index (χ0) is 18.7. The van der Waals surface area contributed by atoms with Crippen molar-refractivity contribution in [1.82, 2.24) is 20.1 Å². The zero-order valence-corrected chi connectivity index (χ0v) is 14.0. The van der Waals surface area contributed by atoms with Crippen LogP contribution in [0.2, 0.25) is 0 Å². The third kappa shape index (κ3) is 3.67. The van der Waals surface area contributed by atoms with Crippen molar-refractivity contribution >= 4 is 28.5 Å². The fourth-order valence-electron chi connectivity index (χ4n) is 2.43. The SMILES string of the molecule is Cn1ncc2cc(CNC(=O)C(=O)Nc3ccc(CN)c(F)c3)cnc21. The Morgan fingerprint density at radius 3 is 2.77 bits per heavy atom. The minimum Gasteiger partial charge on any atom is -0.344 e. The van der Waals surface area contributed by atoms with Crippen LogP contribution < -0.4 is 16.4 Å². The molecule has 3 rings (SSSR count). The number of fused-ring (bicyclic) bond motifs is 1. The Hall–Kier alpha value is -3.33. The summed E-state index contributed by atoms with van der Waals surface area (Å²) in [6, 6.07) is 5.89. The van der Waals surface area contributed by atoms with Crippen molar-refractivity contribution in [3.63, 3.8) is 0 Å². The highest BCUT2D eigenvalue weighted by molar-refractivity contribution is 6.39. The van der Waals surface area contributed by atoms with Crippen molar-refractivity contribution < 1.29 is 14.0 Å². The first-order valence-electron chi connectivity index (χ1n) is 7.82. The number of rotatable bonds is 4. The van der Waals surface area contributed by atoms with E-state index in [9.17, 15) is 14.0 Å². The molecule has 0 saturated heterocycles. The predicted octanol–water partition coefficient (Wildman–Crippen LogP) is 0.821. The molecule has 1 aromatic carbocycles. The van der Waals surface area contributed by atoms with E-state index in [1.807, 2.05) is 6.07 Å². The van der Waals surface area contributed by atoms with Crippen LogP contribution in [0.25, 0.3) is 11.0 Å². The van der Waals surface area contributed by atoms with Crippen LogP contribution in [0.3, 0.4) is 0 Å². The first-order valence-corrected chi connectivity index (χ1v) is 7.82. The third-order valence-electron chi connectivity index (χ3n) is 3.82. The van der Waals surface area contributed by atoms with Crippen LogP contribution in [0.1, 0.15) is 11.1 Å². The number of halogens is 1. The average Bonchev–Trinajstić information content (AvgIpc) is 3.00. The van der Waals surface area contributed by atoms with Gasteiger partial charge in [-0.25, -0.2) is 9.37 Å². The van der Waals surface area contributed by atoms with Gasteiger partial charge in [0.25, 0.3) is 0 Å². The summed E-state index contributed by atoms with van der Waals surface area (Å²) in [7, 11) is 1.78. The number of carbonyl (C=O) groups excluding carboxylic acids is 2. The highest BCUT2D eigenvalue weighted by atomic mass is 19.1. The van der Waals surface area contributed by atoms with Crippen LogP contribution in [-0.2, 0) is 29.7 Å². The van der Waals surface area contributed by atoms with E-state index in [0.717, 1.165) is 22.7 Å². The molecule has 26 heavy (non-hydrogen) atoms. The second-order valence-electron chi connectivity index (χ2n) is 5.67. The molecule has 2 heterocycles. The Morgan fingerprint density at radius 1 is 1.23 bits per heavy atom. The van der Waals surface area contributed by atoms with E-state index < -0.39 is 17.6 Å². The molecular formula is C17H17FN6O2. The molecule has 0 aliphatic rings. The van der Waals surface area contributed by atoms with Gasteiger partial charge in [-0.1, -0.05) is 6.07 Å². The van der Waals surface area contributed by atoms with Crippen molar-refractivity contribution in [2.45, 2.75) is 13.1 Å². The fraction of sp³-hybridized carbons (Fsp3) is 0.176. The number of nitrogens with two attached hydrogens (primary N) is 1. The molecule has 0 fully saturated rings. The van der Waals surface area contributed by atoms with Crippen LogP contribution in [0.5, 0.6) is 0 Å². The standard InChI is InChI=1S/C17H17FN6O2/c1-24-15-12(9-22-24)4-10(7-20-15)8-21-16(25)17(26)23-13-3-2-11(6-19)14(18)5-13/h2-5,7,9H,6,8,19H2,1H3,(H,21,25)(H,23,26). The maximum Gasteiger partial charge on any atom is 0.313 e. The molecule has 134 valence electrons. The van der Waals surface area contributed by atoms with Crippen molar-refractivity contribution in [2.75, 3.05) is 5.32 Å². The Labute approximate surface area is 148 Å². The van der Waals surface area contributed by atoms with Gasteiger partial charge in [-0.15, -0.1) is 0 Å². The minimum atomic E-state index is -0.889. The molecule has 0 aliphatic carbocycles. The molecule has 2 aromatic heterocycles. The van der Waals surface area contributed by atoms with Crippen LogP contribution in [0.4, 0.5) is 10.1 Å². The quantitative estimate of drug-likeness (QED) is 0.599. The molecule has 3 aromatic rings. The molecule has 0 atom stereocenters. The van der Waals surface area contributed by atoms with Gasteiger partial charge in [0.2, 0.25) is 0 Å². The number of anilines is 1. The van der Waals surface area contributed by atoms with E-state index >= 15 is 0 Å². The van der Waals surface area contributed by atoms with Gasteiger partial charge < -0.3 is 16.4 Å². The number of hydrogen-bond acceptors (Lipinski definition) is 5. The van der Waals surface area contributed by atoms with E-state index in [4.69, 9.17) is 5.73 Å². The first kappa shape index (κ1) is 17.5. The number of nitrogens with zero attached hydrogens (tertiary/aromatic N) is 3. The monoisotopic (exact) mass is 356 g/mol. The Kier molecular flexibility index (Phi) is 4.90. The molecule has 4 N–H and O–H groups in total. The number of hydrogen-bond donors (Lipinski definition) is 3. The summed E-state index contributed by atoms with van der Waals surface area (Å²) >= 11 is 0. The lowest BCUT2D eigenvalue weighted by Crippen LogP contribution is -2.35. The summed E-state index contributed by atoms with van der Waals surface area (Å²) in [6.45, 7) is 0.181. The fourth-order valence-corrected chi connectivity index (χ4v) is 2.43. The average molecular weight is 356 g/mol. The third-order valence-corrected chi connectivity index (χ3v) is 3.82. The number of aromatic nitrogens is 3. The number of carbonyl (C=O) groups is 2. The molecule has 8 nitrogen and oxygen atoms in total. The lowest BCUT2D eigenvalue weighted by atomic mass is 10.2. The minimum absolute atomic E-state index is 0.0514. The van der Waals surface area contributed by atoms with Gasteiger partial charge in [-0.3, -0.25) is 14.3 Å². The number of nitrogens with one attached hydrogen (secondary N) is 2. The van der Waals surface area contributed by atoms with Gasteiger partial charge in [0.15, 0.2) is 5.65 Å². The smallest absolute Gasteiger partial charge is 0.313 e. The van der Waals surface area contributed by atoms with Crippen molar-refractivity contribution in [2.24, 2.45) is 12.8 Å². The number of amides is 2. The molecule has 0 spiro atoms. The topological polar surface area (TPSA) is 115 Å². The van der Waals surface area contributed by atoms with Gasteiger partial charge in [0.05, 0.1) is 6.20 Å². The number of aryl methyl sites for hydroxylation is 1. The van der Waals surface area contributed by atoms with Crippen LogP contribution >= 0.6 is 0 Å². The van der Waals surface area contributed by atoms with E-state index in [2.05, 4.69) is 20.7 Å². The second-order valence-corrected chi connectivity index (χ2v) is 5.67. The first-order chi connectivity index (χ1) is 12.5. The molecule has 0 radical (unpaired) electrons. The molecule has 0 unspecified atom stereocenters. The van der Waals surface area contributed by atoms with Crippen LogP contribution in [-0.4, -0.2) is 26.6 Å². The van der Waals surface area contributed by atoms with Gasteiger partial charge >= 0.3 is 11.8 Å². The Bertz CT molecular complexity index is 985. The molecule has 0 aliphatic heterocycles. The normalized spacial score (nSPS) is 10.7. The van der Waals surface area contributed by atoms with E-state index in [1.165, 1.54) is 12.1 Å². The molecule has 0 saturated carbocycles. The number of benzene rings is 1. The number of pyridine rings is 1. The summed E-state index contributed by atoms with van der Waals surface area (Å²) in [5.74, 6) is -2.26. The van der Waals surface area contributed by atoms with Gasteiger partial charge in [0, 0.05) is 43.0 Å². The van der Waals surface area contributed by atoms with Crippen molar-refractivity contribution in [3.8, 4) is 0 Å². The Morgan fingerprint density at radius 2 is 2.04 bits per heavy atom. The van der Waals surface area contributed by atoms with Gasteiger partial charge in [0.1, 0.15) is 5.82 Å². The lowest BCUT2D eigenvalue weighted by molar-refractivity contribution is -0.136. The lowest BCUT2D eigenvalue weighted by Gasteiger charge is -2.08. The summed E-state index contributed by atoms with van der Waals surface area (Å²) in [4.78, 5) is 28.1. The zero-order valence-electron chi connectivity index (χ0n) is 14.0. The summed E-state index contributed by atoms with van der Waals surface area (Å²) in [5, 5.41) is 9.76. The maximum atomic E-state index is 13.7. The molecular weight excluding hydrogens is 339 g/mol. The van der Waals surface area contributed by atoms with Crippen molar-refractivity contribution in [3.05, 3.63) is 53.6 Å². The van der Waals surface area contributed by atoms with Gasteiger partial charge in [-0.05, 0) is 23.8 Å². The van der Waals surface area contributed by atoms with E-state index in [0.29, 0.717) is 5.56 Å². The highest BCUT2D eigenvalue weighted by Crippen LogP contribution is 2.14.